The second kappa shape index (κ2) is 13.3. The van der Waals surface area contributed by atoms with Crippen molar-refractivity contribution in [2.45, 2.75) is 84.0 Å². The molecule has 0 aromatic heterocycles. The van der Waals surface area contributed by atoms with Crippen LogP contribution >= 0.6 is 0 Å². The molecule has 40 heavy (non-hydrogen) atoms. The molecule has 6 nitrogen and oxygen atoms in total. The Hall–Kier alpha value is -2.70. The Morgan fingerprint density at radius 2 is 1.55 bits per heavy atom. The highest BCUT2D eigenvalue weighted by molar-refractivity contribution is 5.95. The van der Waals surface area contributed by atoms with E-state index in [-0.39, 0.29) is 17.7 Å². The molecule has 2 fully saturated rings. The number of carbonyl (C=O) groups is 2. The Morgan fingerprint density at radius 3 is 2.30 bits per heavy atom. The summed E-state index contributed by atoms with van der Waals surface area (Å²) in [6, 6.07) is 19.7. The van der Waals surface area contributed by atoms with Crippen molar-refractivity contribution < 1.29 is 9.59 Å². The van der Waals surface area contributed by atoms with E-state index < -0.39 is 0 Å². The molecule has 3 aliphatic rings. The molecular weight excluding hydrogens is 496 g/mol. The predicted molar refractivity (Wildman–Crippen MR) is 162 cm³/mol. The van der Waals surface area contributed by atoms with Gasteiger partial charge in [0.25, 0.3) is 0 Å². The van der Waals surface area contributed by atoms with Crippen molar-refractivity contribution in [2.24, 2.45) is 11.8 Å². The Morgan fingerprint density at radius 1 is 0.850 bits per heavy atom. The van der Waals surface area contributed by atoms with Crippen LogP contribution in [0.4, 0.5) is 5.69 Å². The second-order valence-corrected chi connectivity index (χ2v) is 12.7. The van der Waals surface area contributed by atoms with E-state index in [4.69, 9.17) is 0 Å². The van der Waals surface area contributed by atoms with E-state index in [1.165, 1.54) is 12.0 Å². The van der Waals surface area contributed by atoms with E-state index in [2.05, 4.69) is 70.3 Å². The summed E-state index contributed by atoms with van der Waals surface area (Å²) in [5.41, 5.74) is 3.38. The first-order valence-electron chi connectivity index (χ1n) is 15.5. The molecule has 0 saturated carbocycles. The molecule has 3 aliphatic heterocycles. The Bertz CT molecular complexity index is 1130. The zero-order valence-corrected chi connectivity index (χ0v) is 24.8. The molecule has 5 rings (SSSR count). The van der Waals surface area contributed by atoms with Gasteiger partial charge in [-0.2, -0.15) is 0 Å². The molecule has 3 heterocycles. The van der Waals surface area contributed by atoms with Gasteiger partial charge >= 0.3 is 0 Å². The van der Waals surface area contributed by atoms with E-state index >= 15 is 0 Å². The molecule has 216 valence electrons. The third kappa shape index (κ3) is 6.95. The first-order chi connectivity index (χ1) is 19.4. The van der Waals surface area contributed by atoms with Gasteiger partial charge in [0.1, 0.15) is 0 Å². The van der Waals surface area contributed by atoms with Crippen LogP contribution in [-0.4, -0.2) is 71.8 Å². The van der Waals surface area contributed by atoms with E-state index in [1.54, 1.807) is 0 Å². The number of rotatable bonds is 5. The number of amides is 2. The van der Waals surface area contributed by atoms with Crippen molar-refractivity contribution in [2.75, 3.05) is 38.1 Å². The van der Waals surface area contributed by atoms with Crippen molar-refractivity contribution >= 4 is 17.5 Å². The third-order valence-corrected chi connectivity index (χ3v) is 9.40. The Kier molecular flexibility index (Phi) is 9.59. The predicted octanol–water partition coefficient (Wildman–Crippen LogP) is 5.56. The van der Waals surface area contributed by atoms with Crippen LogP contribution in [0.2, 0.25) is 0 Å². The molecule has 0 radical (unpaired) electrons. The van der Waals surface area contributed by atoms with Crippen LogP contribution in [0.25, 0.3) is 0 Å². The van der Waals surface area contributed by atoms with Gasteiger partial charge in [-0.25, -0.2) is 0 Å². The Labute approximate surface area is 241 Å². The number of likely N-dealkylation sites (tertiary alicyclic amines) is 1. The molecule has 0 N–H and O–H groups in total. The summed E-state index contributed by atoms with van der Waals surface area (Å²) >= 11 is 0. The lowest BCUT2D eigenvalue weighted by molar-refractivity contribution is -0.134. The molecule has 2 unspecified atom stereocenters. The average molecular weight is 545 g/mol. The molecular formula is C34H48N4O2. The summed E-state index contributed by atoms with van der Waals surface area (Å²) in [5.74, 6) is 0.806. The van der Waals surface area contributed by atoms with Crippen molar-refractivity contribution in [3.8, 4) is 0 Å². The van der Waals surface area contributed by atoms with Gasteiger partial charge < -0.3 is 14.7 Å². The summed E-state index contributed by atoms with van der Waals surface area (Å²) in [5, 5.41) is 0. The lowest BCUT2D eigenvalue weighted by atomic mass is 9.91. The molecule has 2 aromatic rings. The van der Waals surface area contributed by atoms with Crippen molar-refractivity contribution in [1.82, 2.24) is 14.7 Å². The number of nitrogens with zero attached hydrogens (tertiary/aromatic N) is 4. The van der Waals surface area contributed by atoms with Gasteiger partial charge in [0, 0.05) is 56.3 Å². The summed E-state index contributed by atoms with van der Waals surface area (Å²) in [7, 11) is 2.17. The standard InChI is InChI=1S/C34H48N4O2/c1-26(2)34(40)37-21-18-30-13-9-14-31(38(30)23-28-10-5-4-6-11-28)25-36(24-29-12-7-8-15-32(29)37)33(39)22-27-16-19-35(3)20-17-27/h4-8,10-12,15,26-27,30-31H,9,13-14,16-25H2,1-3H3. The SMILES string of the molecule is CC(C)C(=O)N1CCC2CCCC(CN(C(=O)CC3CCN(C)CC3)Cc3ccccc31)N2Cc1ccccc1. The first-order valence-corrected chi connectivity index (χ1v) is 15.5. The fourth-order valence-electron chi connectivity index (χ4n) is 6.98. The second-order valence-electron chi connectivity index (χ2n) is 12.7. The first kappa shape index (κ1) is 28.8. The molecule has 2 saturated heterocycles. The molecule has 6 heteroatoms. The molecule has 2 amide bonds. The van der Waals surface area contributed by atoms with Crippen molar-refractivity contribution in [3.05, 3.63) is 65.7 Å². The number of hydrogen-bond donors (Lipinski definition) is 0. The van der Waals surface area contributed by atoms with Crippen LogP contribution in [0.15, 0.2) is 54.6 Å². The fourth-order valence-corrected chi connectivity index (χ4v) is 6.98. The van der Waals surface area contributed by atoms with Gasteiger partial charge in [0.05, 0.1) is 0 Å². The number of para-hydroxylation sites is 1. The maximum atomic E-state index is 14.1. The highest BCUT2D eigenvalue weighted by Crippen LogP contribution is 2.33. The van der Waals surface area contributed by atoms with Gasteiger partial charge in [-0.3, -0.25) is 14.5 Å². The molecule has 2 bridgehead atoms. The van der Waals surface area contributed by atoms with E-state index in [0.717, 1.165) is 69.5 Å². The van der Waals surface area contributed by atoms with Crippen LogP contribution in [-0.2, 0) is 22.7 Å². The van der Waals surface area contributed by atoms with Crippen molar-refractivity contribution in [3.63, 3.8) is 0 Å². The van der Waals surface area contributed by atoms with E-state index in [9.17, 15) is 9.59 Å². The monoisotopic (exact) mass is 544 g/mol. The summed E-state index contributed by atoms with van der Waals surface area (Å²) in [4.78, 5) is 36.9. The summed E-state index contributed by atoms with van der Waals surface area (Å²) in [6.07, 6.45) is 7.17. The zero-order valence-electron chi connectivity index (χ0n) is 24.8. The summed E-state index contributed by atoms with van der Waals surface area (Å²) in [6.45, 7) is 9.03. The number of fused-ring (bicyclic) bond motifs is 3. The largest absolute Gasteiger partial charge is 0.337 e. The highest BCUT2D eigenvalue weighted by atomic mass is 16.2. The maximum absolute atomic E-state index is 14.1. The topological polar surface area (TPSA) is 47.1 Å². The van der Waals surface area contributed by atoms with Crippen LogP contribution < -0.4 is 4.90 Å². The van der Waals surface area contributed by atoms with Crippen LogP contribution in [0.5, 0.6) is 0 Å². The molecule has 0 spiro atoms. The number of piperidine rings is 2. The number of carbonyl (C=O) groups excluding carboxylic acids is 2. The van der Waals surface area contributed by atoms with Crippen LogP contribution in [0.1, 0.15) is 69.9 Å². The molecule has 2 aromatic carbocycles. The number of benzene rings is 2. The van der Waals surface area contributed by atoms with Gasteiger partial charge in [0.15, 0.2) is 0 Å². The fraction of sp³-hybridized carbons (Fsp3) is 0.588. The van der Waals surface area contributed by atoms with Gasteiger partial charge in [-0.1, -0.05) is 68.8 Å². The lowest BCUT2D eigenvalue weighted by Gasteiger charge is -2.44. The third-order valence-electron chi connectivity index (χ3n) is 9.40. The lowest BCUT2D eigenvalue weighted by Crippen LogP contribution is -2.52. The number of hydrogen-bond acceptors (Lipinski definition) is 4. The summed E-state index contributed by atoms with van der Waals surface area (Å²) < 4.78 is 0. The van der Waals surface area contributed by atoms with E-state index in [1.807, 2.05) is 24.8 Å². The van der Waals surface area contributed by atoms with Crippen molar-refractivity contribution in [1.29, 1.82) is 0 Å². The highest BCUT2D eigenvalue weighted by Gasteiger charge is 2.35. The van der Waals surface area contributed by atoms with E-state index in [0.29, 0.717) is 37.5 Å². The molecule has 2 atom stereocenters. The minimum absolute atomic E-state index is 0.0834. The quantitative estimate of drug-likeness (QED) is 0.494. The van der Waals surface area contributed by atoms with Gasteiger partial charge in [-0.15, -0.1) is 0 Å². The smallest absolute Gasteiger partial charge is 0.229 e. The zero-order chi connectivity index (χ0) is 28.1. The number of anilines is 1. The Balaban J connectivity index is 1.49. The van der Waals surface area contributed by atoms with Gasteiger partial charge in [0.2, 0.25) is 11.8 Å². The average Bonchev–Trinajstić information content (AvgIpc) is 2.97. The maximum Gasteiger partial charge on any atom is 0.229 e. The molecule has 0 aliphatic carbocycles. The van der Waals surface area contributed by atoms with Crippen LogP contribution in [0.3, 0.4) is 0 Å². The minimum Gasteiger partial charge on any atom is -0.337 e. The van der Waals surface area contributed by atoms with Crippen LogP contribution in [0, 0.1) is 11.8 Å². The normalized spacial score (nSPS) is 23.5. The minimum atomic E-state index is -0.0834. The van der Waals surface area contributed by atoms with Gasteiger partial charge in [-0.05, 0) is 75.4 Å².